The highest BCUT2D eigenvalue weighted by Gasteiger charge is 2.58. The maximum absolute atomic E-state index is 12.1. The Bertz CT molecular complexity index is 518. The van der Waals surface area contributed by atoms with Crippen LogP contribution in [-0.2, 0) is 4.79 Å². The molecule has 122 valence electrons. The molecule has 0 spiro atoms. The van der Waals surface area contributed by atoms with Gasteiger partial charge in [-0.15, -0.1) is 0 Å². The highest BCUT2D eigenvalue weighted by molar-refractivity contribution is 5.95. The van der Waals surface area contributed by atoms with Crippen LogP contribution in [0.5, 0.6) is 0 Å². The van der Waals surface area contributed by atoms with E-state index < -0.39 is 0 Å². The van der Waals surface area contributed by atoms with E-state index in [0.717, 1.165) is 23.7 Å². The molecule has 0 aromatic rings. The van der Waals surface area contributed by atoms with Gasteiger partial charge in [0.25, 0.3) is 0 Å². The minimum Gasteiger partial charge on any atom is -0.295 e. The Balaban J connectivity index is 1.64. The van der Waals surface area contributed by atoms with Crippen molar-refractivity contribution in [1.82, 2.24) is 0 Å². The summed E-state index contributed by atoms with van der Waals surface area (Å²) in [6.07, 6.45) is 14.9. The first-order valence-electron chi connectivity index (χ1n) is 9.68. The molecule has 0 aromatic carbocycles. The lowest BCUT2D eigenvalue weighted by Gasteiger charge is -2.60. The Hall–Kier alpha value is -0.590. The van der Waals surface area contributed by atoms with E-state index in [1.165, 1.54) is 63.4 Å². The first kappa shape index (κ1) is 15.0. The summed E-state index contributed by atoms with van der Waals surface area (Å²) in [4.78, 5) is 12.1. The van der Waals surface area contributed by atoms with E-state index in [2.05, 4.69) is 19.9 Å². The molecule has 1 unspecified atom stereocenters. The second-order valence-corrected chi connectivity index (χ2v) is 9.27. The van der Waals surface area contributed by atoms with Crippen molar-refractivity contribution in [2.24, 2.45) is 34.5 Å². The SMILES string of the molecule is CC(=O)C1=CC[C@H]2[C@@H]3CCC4CCCC[C@]4(C)[C@H]3CC[C@]12C. The topological polar surface area (TPSA) is 17.1 Å². The van der Waals surface area contributed by atoms with E-state index >= 15 is 0 Å². The van der Waals surface area contributed by atoms with Gasteiger partial charge >= 0.3 is 0 Å². The summed E-state index contributed by atoms with van der Waals surface area (Å²) in [6.45, 7) is 6.82. The van der Waals surface area contributed by atoms with Gasteiger partial charge in [0.05, 0.1) is 0 Å². The molecule has 0 N–H and O–H groups in total. The summed E-state index contributed by atoms with van der Waals surface area (Å²) >= 11 is 0. The van der Waals surface area contributed by atoms with Crippen LogP contribution in [0.25, 0.3) is 0 Å². The quantitative estimate of drug-likeness (QED) is 0.621. The van der Waals surface area contributed by atoms with E-state index in [9.17, 15) is 4.79 Å². The maximum atomic E-state index is 12.1. The number of ketones is 1. The highest BCUT2D eigenvalue weighted by Crippen LogP contribution is 2.66. The lowest BCUT2D eigenvalue weighted by molar-refractivity contribution is -0.118. The van der Waals surface area contributed by atoms with Crippen molar-refractivity contribution in [2.75, 3.05) is 0 Å². The van der Waals surface area contributed by atoms with Crippen LogP contribution < -0.4 is 0 Å². The first-order chi connectivity index (χ1) is 10.5. The molecule has 0 saturated heterocycles. The van der Waals surface area contributed by atoms with Gasteiger partial charge in [-0.05, 0) is 91.9 Å². The predicted molar refractivity (Wildman–Crippen MR) is 90.5 cm³/mol. The molecule has 0 amide bonds. The van der Waals surface area contributed by atoms with Gasteiger partial charge in [-0.1, -0.05) is 32.8 Å². The van der Waals surface area contributed by atoms with Crippen LogP contribution in [0.1, 0.15) is 78.6 Å². The van der Waals surface area contributed by atoms with Crippen molar-refractivity contribution in [1.29, 1.82) is 0 Å². The number of carbonyl (C=O) groups excluding carboxylic acids is 1. The third-order valence-corrected chi connectivity index (χ3v) is 8.54. The van der Waals surface area contributed by atoms with Gasteiger partial charge < -0.3 is 0 Å². The zero-order chi connectivity index (χ0) is 15.5. The van der Waals surface area contributed by atoms with Gasteiger partial charge in [-0.2, -0.15) is 0 Å². The third-order valence-electron chi connectivity index (χ3n) is 8.54. The second-order valence-electron chi connectivity index (χ2n) is 9.27. The number of fused-ring (bicyclic) bond motifs is 5. The Kier molecular flexibility index (Phi) is 3.37. The zero-order valence-corrected chi connectivity index (χ0v) is 14.7. The second kappa shape index (κ2) is 4.95. The van der Waals surface area contributed by atoms with Gasteiger partial charge in [0, 0.05) is 0 Å². The monoisotopic (exact) mass is 300 g/mol. The normalized spacial score (nSPS) is 50.6. The molecule has 0 aliphatic heterocycles. The summed E-state index contributed by atoms with van der Waals surface area (Å²) in [5.41, 5.74) is 1.98. The smallest absolute Gasteiger partial charge is 0.156 e. The third kappa shape index (κ3) is 1.86. The number of hydrogen-bond acceptors (Lipinski definition) is 1. The first-order valence-corrected chi connectivity index (χ1v) is 9.68. The molecule has 4 aliphatic carbocycles. The molecule has 6 atom stereocenters. The molecule has 1 heteroatoms. The Labute approximate surface area is 135 Å². The average Bonchev–Trinajstić information content (AvgIpc) is 2.84. The van der Waals surface area contributed by atoms with Crippen LogP contribution in [0, 0.1) is 34.5 Å². The number of rotatable bonds is 1. The molecule has 0 bridgehead atoms. The van der Waals surface area contributed by atoms with Gasteiger partial charge in [0.15, 0.2) is 5.78 Å². The van der Waals surface area contributed by atoms with Gasteiger partial charge in [0.1, 0.15) is 0 Å². The predicted octanol–water partition coefficient (Wildman–Crippen LogP) is 5.54. The van der Waals surface area contributed by atoms with Gasteiger partial charge in [0.2, 0.25) is 0 Å². The van der Waals surface area contributed by atoms with Crippen molar-refractivity contribution >= 4 is 5.78 Å². The van der Waals surface area contributed by atoms with Gasteiger partial charge in [-0.25, -0.2) is 0 Å². The van der Waals surface area contributed by atoms with Crippen LogP contribution in [0.2, 0.25) is 0 Å². The summed E-state index contributed by atoms with van der Waals surface area (Å²) < 4.78 is 0. The molecular weight excluding hydrogens is 268 g/mol. The Morgan fingerprint density at radius 3 is 2.64 bits per heavy atom. The molecule has 4 aliphatic rings. The zero-order valence-electron chi connectivity index (χ0n) is 14.7. The van der Waals surface area contributed by atoms with E-state index in [1.807, 2.05) is 0 Å². The average molecular weight is 300 g/mol. The number of hydrogen-bond donors (Lipinski definition) is 0. The molecule has 22 heavy (non-hydrogen) atoms. The van der Waals surface area contributed by atoms with Crippen molar-refractivity contribution in [3.63, 3.8) is 0 Å². The minimum absolute atomic E-state index is 0.199. The standard InChI is InChI=1S/C21H32O/c1-14(22)17-9-10-18-16-8-7-15-6-4-5-12-20(15,2)19(16)11-13-21(17,18)3/h9,15-16,18-19H,4-8,10-13H2,1-3H3/t15?,16-,18-,19-,20-,21+/m0/s1. The van der Waals surface area contributed by atoms with Crippen LogP contribution in [0.15, 0.2) is 11.6 Å². The van der Waals surface area contributed by atoms with E-state index in [0.29, 0.717) is 11.2 Å². The van der Waals surface area contributed by atoms with E-state index in [1.54, 1.807) is 6.92 Å². The summed E-state index contributed by atoms with van der Waals surface area (Å²) in [7, 11) is 0. The fourth-order valence-electron chi connectivity index (χ4n) is 7.41. The molecule has 0 heterocycles. The molecular formula is C21H32O. The van der Waals surface area contributed by atoms with Crippen LogP contribution >= 0.6 is 0 Å². The number of Topliss-reactive ketones (excluding diaryl/α,β-unsaturated/α-hetero) is 1. The summed E-state index contributed by atoms with van der Waals surface area (Å²) in [5.74, 6) is 3.90. The maximum Gasteiger partial charge on any atom is 0.156 e. The van der Waals surface area contributed by atoms with Crippen molar-refractivity contribution in [3.8, 4) is 0 Å². The summed E-state index contributed by atoms with van der Waals surface area (Å²) in [5, 5.41) is 0. The van der Waals surface area contributed by atoms with E-state index in [4.69, 9.17) is 0 Å². The fourth-order valence-corrected chi connectivity index (χ4v) is 7.41. The fraction of sp³-hybridized carbons (Fsp3) is 0.857. The van der Waals surface area contributed by atoms with Gasteiger partial charge in [-0.3, -0.25) is 4.79 Å². The van der Waals surface area contributed by atoms with Crippen molar-refractivity contribution < 1.29 is 4.79 Å². The largest absolute Gasteiger partial charge is 0.295 e. The molecule has 0 radical (unpaired) electrons. The molecule has 3 saturated carbocycles. The van der Waals surface area contributed by atoms with Crippen LogP contribution in [0.3, 0.4) is 0 Å². The Morgan fingerprint density at radius 1 is 1.05 bits per heavy atom. The minimum atomic E-state index is 0.199. The molecule has 3 fully saturated rings. The Morgan fingerprint density at radius 2 is 1.86 bits per heavy atom. The number of allylic oxidation sites excluding steroid dienone is 2. The molecule has 4 rings (SSSR count). The van der Waals surface area contributed by atoms with E-state index in [-0.39, 0.29) is 5.41 Å². The number of carbonyl (C=O) groups is 1. The summed E-state index contributed by atoms with van der Waals surface area (Å²) in [6, 6.07) is 0. The lowest BCUT2D eigenvalue weighted by atomic mass is 9.45. The molecule has 1 nitrogen and oxygen atoms in total. The highest BCUT2D eigenvalue weighted by atomic mass is 16.1. The van der Waals surface area contributed by atoms with Crippen LogP contribution in [0.4, 0.5) is 0 Å². The van der Waals surface area contributed by atoms with Crippen LogP contribution in [-0.4, -0.2) is 5.78 Å². The van der Waals surface area contributed by atoms with Crippen molar-refractivity contribution in [3.05, 3.63) is 11.6 Å². The molecule has 0 aromatic heterocycles. The lowest BCUT2D eigenvalue weighted by Crippen LogP contribution is -2.52. The van der Waals surface area contributed by atoms with Crippen molar-refractivity contribution in [2.45, 2.75) is 78.6 Å².